The third-order valence-electron chi connectivity index (χ3n) is 2.58. The second kappa shape index (κ2) is 2.75. The van der Waals surface area contributed by atoms with Crippen molar-refractivity contribution in [1.29, 1.82) is 0 Å². The highest BCUT2D eigenvalue weighted by Crippen LogP contribution is 2.33. The van der Waals surface area contributed by atoms with Crippen molar-refractivity contribution < 1.29 is 4.55 Å². The molecule has 2 rings (SSSR count). The van der Waals surface area contributed by atoms with Crippen LogP contribution in [0.1, 0.15) is 25.2 Å². The average molecular weight is 198 g/mol. The van der Waals surface area contributed by atoms with E-state index in [-0.39, 0.29) is 4.75 Å². The lowest BCUT2D eigenvalue weighted by Gasteiger charge is -2.33. The predicted octanol–water partition coefficient (Wildman–Crippen LogP) is 1.19. The molecule has 0 N–H and O–H groups in total. The average Bonchev–Trinajstić information content (AvgIpc) is 2.41. The largest absolute Gasteiger partial charge is 0.616 e. The van der Waals surface area contributed by atoms with E-state index >= 15 is 0 Å². The van der Waals surface area contributed by atoms with E-state index < -0.39 is 11.2 Å². The molecule has 0 fully saturated rings. The Bertz CT molecular complexity index is 332. The van der Waals surface area contributed by atoms with Crippen molar-refractivity contribution in [3.05, 3.63) is 17.5 Å². The van der Waals surface area contributed by atoms with Crippen LogP contribution in [0.5, 0.6) is 0 Å². The molecule has 0 radical (unpaired) electrons. The van der Waals surface area contributed by atoms with Gasteiger partial charge in [-0.1, -0.05) is 0 Å². The minimum absolute atomic E-state index is 0.237. The first kappa shape index (κ1) is 9.09. The van der Waals surface area contributed by atoms with E-state index in [1.165, 1.54) is 0 Å². The van der Waals surface area contributed by atoms with Crippen LogP contribution in [0.15, 0.2) is 6.07 Å². The van der Waals surface area contributed by atoms with E-state index in [1.807, 2.05) is 31.5 Å². The van der Waals surface area contributed by atoms with Crippen LogP contribution in [0.25, 0.3) is 0 Å². The zero-order valence-electron chi connectivity index (χ0n) is 8.20. The molecule has 4 heteroatoms. The van der Waals surface area contributed by atoms with Crippen LogP contribution in [0.4, 0.5) is 0 Å². The summed E-state index contributed by atoms with van der Waals surface area (Å²) in [6.45, 7) is 6.81. The van der Waals surface area contributed by atoms with Crippen LogP contribution in [0, 0.1) is 6.92 Å². The maximum Gasteiger partial charge on any atom is 0.161 e. The van der Waals surface area contributed by atoms with Gasteiger partial charge in [-0.3, -0.25) is 4.68 Å². The first-order valence-electron chi connectivity index (χ1n) is 4.45. The van der Waals surface area contributed by atoms with Gasteiger partial charge in [-0.2, -0.15) is 5.10 Å². The van der Waals surface area contributed by atoms with E-state index in [4.69, 9.17) is 0 Å². The summed E-state index contributed by atoms with van der Waals surface area (Å²) in [6, 6.07) is 2.04. The van der Waals surface area contributed by atoms with Crippen LogP contribution >= 0.6 is 0 Å². The van der Waals surface area contributed by atoms with Crippen molar-refractivity contribution in [1.82, 2.24) is 9.78 Å². The van der Waals surface area contributed by atoms with E-state index in [1.54, 1.807) is 0 Å². The Morgan fingerprint density at radius 2 is 2.31 bits per heavy atom. The molecule has 1 unspecified atom stereocenters. The maximum atomic E-state index is 11.8. The molecule has 0 amide bonds. The normalized spacial score (nSPS) is 25.7. The Hall–Kier alpha value is -0.480. The number of hydrogen-bond donors (Lipinski definition) is 0. The van der Waals surface area contributed by atoms with Gasteiger partial charge in [0.25, 0.3) is 0 Å². The Balaban J connectivity index is 2.51. The van der Waals surface area contributed by atoms with E-state index in [0.717, 1.165) is 23.7 Å². The molecule has 1 aromatic heterocycles. The molecule has 0 aromatic carbocycles. The Kier molecular flexibility index (Phi) is 1.92. The number of nitrogens with zero attached hydrogens (tertiary/aromatic N) is 2. The van der Waals surface area contributed by atoms with Gasteiger partial charge in [-0.05, 0) is 38.0 Å². The van der Waals surface area contributed by atoms with Crippen molar-refractivity contribution in [2.45, 2.75) is 32.1 Å². The molecular weight excluding hydrogens is 184 g/mol. The summed E-state index contributed by atoms with van der Waals surface area (Å²) in [4.78, 5) is 0. The maximum absolute atomic E-state index is 11.8. The molecule has 2 heterocycles. The second-order valence-corrected chi connectivity index (χ2v) is 6.07. The third kappa shape index (κ3) is 1.28. The molecule has 0 saturated carbocycles. The SMILES string of the molecule is Cc1cc2n(n1)CC[S+]([O-])C2(C)C. The van der Waals surface area contributed by atoms with Crippen molar-refractivity contribution in [3.63, 3.8) is 0 Å². The lowest BCUT2D eigenvalue weighted by atomic mass is 10.1. The highest BCUT2D eigenvalue weighted by molar-refractivity contribution is 7.92. The topological polar surface area (TPSA) is 40.9 Å². The molecule has 1 aliphatic heterocycles. The number of rotatable bonds is 0. The zero-order valence-corrected chi connectivity index (χ0v) is 9.02. The molecule has 72 valence electrons. The Labute approximate surface area is 81.3 Å². The smallest absolute Gasteiger partial charge is 0.161 e. The molecule has 1 aliphatic rings. The summed E-state index contributed by atoms with van der Waals surface area (Å²) in [7, 11) is 0. The fourth-order valence-corrected chi connectivity index (χ4v) is 2.99. The molecule has 0 bridgehead atoms. The molecule has 3 nitrogen and oxygen atoms in total. The lowest BCUT2D eigenvalue weighted by Crippen LogP contribution is -2.40. The minimum Gasteiger partial charge on any atom is -0.616 e. The molecule has 0 aliphatic carbocycles. The van der Waals surface area contributed by atoms with Gasteiger partial charge >= 0.3 is 0 Å². The van der Waals surface area contributed by atoms with E-state index in [9.17, 15) is 4.55 Å². The first-order valence-corrected chi connectivity index (χ1v) is 5.77. The van der Waals surface area contributed by atoms with Crippen LogP contribution in [0.2, 0.25) is 0 Å². The Morgan fingerprint density at radius 1 is 1.62 bits per heavy atom. The summed E-state index contributed by atoms with van der Waals surface area (Å²) < 4.78 is 13.5. The van der Waals surface area contributed by atoms with Crippen LogP contribution in [-0.4, -0.2) is 20.1 Å². The predicted molar refractivity (Wildman–Crippen MR) is 53.0 cm³/mol. The van der Waals surface area contributed by atoms with Crippen LogP contribution in [0.3, 0.4) is 0 Å². The Morgan fingerprint density at radius 3 is 3.00 bits per heavy atom. The number of aromatic nitrogens is 2. The monoisotopic (exact) mass is 198 g/mol. The number of aryl methyl sites for hydroxylation is 2. The standard InChI is InChI=1S/C9H14N2OS/c1-7-6-8-9(2,3)13(12)5-4-11(8)10-7/h6H,4-5H2,1-3H3. The first-order chi connectivity index (χ1) is 6.01. The fraction of sp³-hybridized carbons (Fsp3) is 0.667. The summed E-state index contributed by atoms with van der Waals surface area (Å²) in [5.41, 5.74) is 2.12. The summed E-state index contributed by atoms with van der Waals surface area (Å²) in [6.07, 6.45) is 0. The molecule has 0 spiro atoms. The lowest BCUT2D eigenvalue weighted by molar-refractivity contribution is 0.487. The van der Waals surface area contributed by atoms with Crippen molar-refractivity contribution >= 4 is 11.2 Å². The molecular formula is C9H14N2OS. The van der Waals surface area contributed by atoms with Gasteiger partial charge in [0.2, 0.25) is 0 Å². The quantitative estimate of drug-likeness (QED) is 0.587. The van der Waals surface area contributed by atoms with Crippen LogP contribution in [-0.2, 0) is 22.5 Å². The van der Waals surface area contributed by atoms with Gasteiger partial charge in [0.15, 0.2) is 4.75 Å². The summed E-state index contributed by atoms with van der Waals surface area (Å²) >= 11 is -0.759. The molecule has 0 saturated heterocycles. The van der Waals surface area contributed by atoms with E-state index in [0.29, 0.717) is 0 Å². The van der Waals surface area contributed by atoms with Crippen molar-refractivity contribution in [2.24, 2.45) is 0 Å². The fourth-order valence-electron chi connectivity index (χ4n) is 1.74. The van der Waals surface area contributed by atoms with Crippen LogP contribution < -0.4 is 0 Å². The summed E-state index contributed by atoms with van der Waals surface area (Å²) in [5.74, 6) is 0.723. The highest BCUT2D eigenvalue weighted by atomic mass is 32.2. The van der Waals surface area contributed by atoms with Crippen molar-refractivity contribution in [3.8, 4) is 0 Å². The summed E-state index contributed by atoms with van der Waals surface area (Å²) in [5, 5.41) is 4.36. The minimum atomic E-state index is -0.759. The van der Waals surface area contributed by atoms with Gasteiger partial charge in [-0.25, -0.2) is 0 Å². The van der Waals surface area contributed by atoms with Gasteiger partial charge in [-0.15, -0.1) is 0 Å². The zero-order chi connectivity index (χ0) is 9.64. The van der Waals surface area contributed by atoms with Gasteiger partial charge in [0.1, 0.15) is 5.75 Å². The second-order valence-electron chi connectivity index (χ2n) is 3.95. The van der Waals surface area contributed by atoms with Gasteiger partial charge in [0, 0.05) is 0 Å². The van der Waals surface area contributed by atoms with E-state index in [2.05, 4.69) is 5.10 Å². The number of fused-ring (bicyclic) bond motifs is 1. The number of hydrogen-bond acceptors (Lipinski definition) is 2. The highest BCUT2D eigenvalue weighted by Gasteiger charge is 2.40. The molecule has 1 atom stereocenters. The third-order valence-corrected chi connectivity index (χ3v) is 4.48. The molecule has 13 heavy (non-hydrogen) atoms. The van der Waals surface area contributed by atoms with Gasteiger partial charge < -0.3 is 4.55 Å². The van der Waals surface area contributed by atoms with Gasteiger partial charge in [0.05, 0.1) is 17.9 Å². The van der Waals surface area contributed by atoms with Crippen molar-refractivity contribution in [2.75, 3.05) is 5.75 Å². The molecule has 1 aromatic rings.